The normalized spacial score (nSPS) is 16.3. The second kappa shape index (κ2) is 5.39. The number of amides is 2. The van der Waals surface area contributed by atoms with E-state index < -0.39 is 6.04 Å². The van der Waals surface area contributed by atoms with E-state index in [9.17, 15) is 9.59 Å². The minimum absolute atomic E-state index is 0.260. The number of anilines is 1. The fraction of sp³-hybridized carbons (Fsp3) is 0.0667. The third-order valence-corrected chi connectivity index (χ3v) is 3.99. The topological polar surface area (TPSA) is 58.2 Å². The molecule has 21 heavy (non-hydrogen) atoms. The quantitative estimate of drug-likeness (QED) is 0.890. The van der Waals surface area contributed by atoms with Gasteiger partial charge in [0.25, 0.3) is 11.8 Å². The van der Waals surface area contributed by atoms with Gasteiger partial charge in [0.05, 0.1) is 10.0 Å². The van der Waals surface area contributed by atoms with Gasteiger partial charge in [-0.25, -0.2) is 0 Å². The molecule has 1 aliphatic rings. The number of halogens is 2. The Morgan fingerprint density at radius 3 is 2.62 bits per heavy atom. The summed E-state index contributed by atoms with van der Waals surface area (Å²) < 4.78 is 0. The van der Waals surface area contributed by atoms with Crippen LogP contribution < -0.4 is 10.6 Å². The molecule has 0 spiro atoms. The Morgan fingerprint density at radius 2 is 1.86 bits per heavy atom. The number of para-hydroxylation sites is 1. The van der Waals surface area contributed by atoms with Crippen LogP contribution in [0.25, 0.3) is 0 Å². The molecule has 3 rings (SSSR count). The summed E-state index contributed by atoms with van der Waals surface area (Å²) in [6.07, 6.45) is 0. The van der Waals surface area contributed by atoms with E-state index >= 15 is 0 Å². The number of carbonyl (C=O) groups is 2. The minimum atomic E-state index is -0.705. The lowest BCUT2D eigenvalue weighted by molar-refractivity contribution is -0.117. The highest BCUT2D eigenvalue weighted by Crippen LogP contribution is 2.30. The number of benzene rings is 2. The molecule has 6 heteroatoms. The average molecular weight is 321 g/mol. The van der Waals surface area contributed by atoms with Gasteiger partial charge in [0.1, 0.15) is 6.04 Å². The molecule has 0 aliphatic carbocycles. The van der Waals surface area contributed by atoms with Crippen molar-refractivity contribution < 1.29 is 9.59 Å². The number of nitrogens with one attached hydrogen (secondary N) is 2. The summed E-state index contributed by atoms with van der Waals surface area (Å²) in [7, 11) is 0. The zero-order valence-electron chi connectivity index (χ0n) is 10.7. The van der Waals surface area contributed by atoms with E-state index in [2.05, 4.69) is 10.6 Å². The third kappa shape index (κ3) is 2.60. The van der Waals surface area contributed by atoms with Gasteiger partial charge < -0.3 is 10.6 Å². The Hall–Kier alpha value is -2.04. The van der Waals surface area contributed by atoms with Gasteiger partial charge in [-0.2, -0.15) is 0 Å². The van der Waals surface area contributed by atoms with Gasteiger partial charge in [0.15, 0.2) is 0 Å². The number of rotatable bonds is 2. The molecule has 0 bridgehead atoms. The van der Waals surface area contributed by atoms with Crippen LogP contribution in [0.15, 0.2) is 42.5 Å². The van der Waals surface area contributed by atoms with Gasteiger partial charge in [-0.15, -0.1) is 0 Å². The first-order valence-electron chi connectivity index (χ1n) is 6.22. The lowest BCUT2D eigenvalue weighted by Crippen LogP contribution is -2.32. The van der Waals surface area contributed by atoms with Crippen LogP contribution in [0.4, 0.5) is 5.69 Å². The van der Waals surface area contributed by atoms with Crippen LogP contribution in [0, 0.1) is 0 Å². The first-order valence-corrected chi connectivity index (χ1v) is 6.97. The molecule has 0 saturated heterocycles. The number of fused-ring (bicyclic) bond motifs is 1. The van der Waals surface area contributed by atoms with Gasteiger partial charge in [-0.1, -0.05) is 41.4 Å². The van der Waals surface area contributed by atoms with Gasteiger partial charge in [-0.3, -0.25) is 9.59 Å². The van der Waals surface area contributed by atoms with Gasteiger partial charge in [0, 0.05) is 16.8 Å². The Labute approximate surface area is 131 Å². The second-order valence-electron chi connectivity index (χ2n) is 4.61. The van der Waals surface area contributed by atoms with E-state index in [1.54, 1.807) is 24.3 Å². The van der Waals surface area contributed by atoms with Crippen LogP contribution >= 0.6 is 23.2 Å². The highest BCUT2D eigenvalue weighted by atomic mass is 35.5. The minimum Gasteiger partial charge on any atom is -0.336 e. The van der Waals surface area contributed by atoms with Crippen molar-refractivity contribution in [2.75, 3.05) is 5.32 Å². The monoisotopic (exact) mass is 320 g/mol. The molecule has 2 N–H and O–H groups in total. The molecule has 4 nitrogen and oxygen atoms in total. The second-order valence-corrected chi connectivity index (χ2v) is 5.43. The van der Waals surface area contributed by atoms with Gasteiger partial charge in [-0.05, 0) is 24.3 Å². The van der Waals surface area contributed by atoms with E-state index in [0.29, 0.717) is 21.3 Å². The van der Waals surface area contributed by atoms with Crippen LogP contribution in [0.5, 0.6) is 0 Å². The molecule has 1 unspecified atom stereocenters. The summed E-state index contributed by atoms with van der Waals surface area (Å²) in [6.45, 7) is 0. The van der Waals surface area contributed by atoms with Crippen LogP contribution in [-0.4, -0.2) is 11.8 Å². The molecule has 0 saturated carbocycles. The predicted octanol–water partition coefficient (Wildman–Crippen LogP) is 3.42. The first-order chi connectivity index (χ1) is 10.1. The van der Waals surface area contributed by atoms with Crippen LogP contribution in [0.1, 0.15) is 22.0 Å². The van der Waals surface area contributed by atoms with Crippen molar-refractivity contribution in [3.63, 3.8) is 0 Å². The lowest BCUT2D eigenvalue weighted by atomic mass is 10.1. The molecule has 2 amide bonds. The van der Waals surface area contributed by atoms with Gasteiger partial charge in [0.2, 0.25) is 0 Å². The van der Waals surface area contributed by atoms with E-state index in [-0.39, 0.29) is 11.8 Å². The summed E-state index contributed by atoms with van der Waals surface area (Å²) in [4.78, 5) is 24.2. The largest absolute Gasteiger partial charge is 0.336 e. The van der Waals surface area contributed by atoms with Crippen molar-refractivity contribution in [2.45, 2.75) is 6.04 Å². The van der Waals surface area contributed by atoms with Crippen molar-refractivity contribution >= 4 is 40.7 Å². The highest BCUT2D eigenvalue weighted by Gasteiger charge is 2.31. The molecule has 2 aromatic carbocycles. The maximum absolute atomic E-state index is 12.2. The molecule has 1 atom stereocenters. The maximum Gasteiger partial charge on any atom is 0.252 e. The van der Waals surface area contributed by atoms with Crippen LogP contribution in [-0.2, 0) is 4.79 Å². The summed E-state index contributed by atoms with van der Waals surface area (Å²) in [5.41, 5.74) is 1.81. The summed E-state index contributed by atoms with van der Waals surface area (Å²) in [6, 6.07) is 11.1. The Balaban J connectivity index is 1.85. The summed E-state index contributed by atoms with van der Waals surface area (Å²) in [5, 5.41) is 6.08. The Morgan fingerprint density at radius 1 is 1.10 bits per heavy atom. The number of hydrogen-bond donors (Lipinski definition) is 2. The molecule has 0 fully saturated rings. The fourth-order valence-electron chi connectivity index (χ4n) is 2.20. The number of hydrogen-bond acceptors (Lipinski definition) is 2. The Kier molecular flexibility index (Phi) is 3.57. The number of carbonyl (C=O) groups excluding carboxylic acids is 2. The molecular formula is C15H10Cl2N2O2. The van der Waals surface area contributed by atoms with E-state index in [0.717, 1.165) is 5.56 Å². The summed E-state index contributed by atoms with van der Waals surface area (Å²) in [5.74, 6) is -0.643. The molecular weight excluding hydrogens is 311 g/mol. The van der Waals surface area contributed by atoms with Crippen LogP contribution in [0.2, 0.25) is 10.0 Å². The standard InChI is InChI=1S/C15H10Cl2N2O2/c16-10-6-5-8(7-11(10)17)14(20)19-13-9-3-1-2-4-12(9)18-15(13)21/h1-7,13H,(H,18,21)(H,19,20). The molecule has 0 aromatic heterocycles. The fourth-order valence-corrected chi connectivity index (χ4v) is 2.50. The highest BCUT2D eigenvalue weighted by molar-refractivity contribution is 6.42. The van der Waals surface area contributed by atoms with E-state index in [1.807, 2.05) is 12.1 Å². The van der Waals surface area contributed by atoms with Crippen LogP contribution in [0.3, 0.4) is 0 Å². The average Bonchev–Trinajstić information content (AvgIpc) is 2.78. The molecule has 0 radical (unpaired) electrons. The zero-order valence-corrected chi connectivity index (χ0v) is 12.2. The van der Waals surface area contributed by atoms with E-state index in [4.69, 9.17) is 23.2 Å². The van der Waals surface area contributed by atoms with Crippen molar-refractivity contribution in [2.24, 2.45) is 0 Å². The van der Waals surface area contributed by atoms with E-state index in [1.165, 1.54) is 6.07 Å². The Bertz CT molecular complexity index is 746. The SMILES string of the molecule is O=C(NC1C(=O)Nc2ccccc21)c1ccc(Cl)c(Cl)c1. The lowest BCUT2D eigenvalue weighted by Gasteiger charge is -2.12. The molecule has 1 aliphatic heterocycles. The van der Waals surface area contributed by atoms with Crippen molar-refractivity contribution in [3.05, 3.63) is 63.6 Å². The molecule has 106 valence electrons. The molecule has 1 heterocycles. The predicted molar refractivity (Wildman–Crippen MR) is 81.7 cm³/mol. The third-order valence-electron chi connectivity index (χ3n) is 3.25. The van der Waals surface area contributed by atoms with Crippen molar-refractivity contribution in [3.8, 4) is 0 Å². The van der Waals surface area contributed by atoms with Gasteiger partial charge >= 0.3 is 0 Å². The smallest absolute Gasteiger partial charge is 0.252 e. The van der Waals surface area contributed by atoms with Crippen molar-refractivity contribution in [1.82, 2.24) is 5.32 Å². The van der Waals surface area contributed by atoms with Crippen molar-refractivity contribution in [1.29, 1.82) is 0 Å². The molecule has 2 aromatic rings. The summed E-state index contributed by atoms with van der Waals surface area (Å²) >= 11 is 11.7. The first kappa shape index (κ1) is 13.9. The maximum atomic E-state index is 12.2. The zero-order chi connectivity index (χ0) is 15.0.